The molecule has 0 aromatic heterocycles. The fourth-order valence-electron chi connectivity index (χ4n) is 2.14. The Morgan fingerprint density at radius 2 is 1.50 bits per heavy atom. The third-order valence-electron chi connectivity index (χ3n) is 6.14. The zero-order valence-corrected chi connectivity index (χ0v) is 22.2. The second-order valence-corrected chi connectivity index (χ2v) is 20.4. The molecule has 0 saturated carbocycles. The van der Waals surface area contributed by atoms with Crippen molar-refractivity contribution >= 4 is 23.7 Å². The van der Waals surface area contributed by atoms with Gasteiger partial charge in [-0.2, -0.15) is 0 Å². The molecular weight excluding hydrogens is 385 g/mol. The molecule has 0 spiro atoms. The number of hydrogen-bond donors (Lipinski definition) is 3. The molecular formula is C20H46BNO4Si2. The summed E-state index contributed by atoms with van der Waals surface area (Å²) in [7, 11) is -4.62. The zero-order valence-electron chi connectivity index (χ0n) is 20.2. The summed E-state index contributed by atoms with van der Waals surface area (Å²) in [5.41, 5.74) is 0. The Morgan fingerprint density at radius 1 is 1.00 bits per heavy atom. The minimum absolute atomic E-state index is 0.0751. The van der Waals surface area contributed by atoms with Crippen molar-refractivity contribution in [2.45, 2.75) is 103 Å². The Labute approximate surface area is 176 Å². The minimum Gasteiger partial charge on any atom is -0.437 e. The van der Waals surface area contributed by atoms with E-state index in [2.05, 4.69) is 73.0 Å². The van der Waals surface area contributed by atoms with Crippen LogP contribution < -0.4 is 5.23 Å². The molecule has 0 rings (SSSR count). The predicted molar refractivity (Wildman–Crippen MR) is 127 cm³/mol. The van der Waals surface area contributed by atoms with E-state index in [9.17, 15) is 5.02 Å². The summed E-state index contributed by atoms with van der Waals surface area (Å²) in [5.74, 6) is 0. The van der Waals surface area contributed by atoms with E-state index in [-0.39, 0.29) is 28.8 Å². The van der Waals surface area contributed by atoms with E-state index < -0.39 is 23.7 Å². The molecule has 0 aliphatic rings. The summed E-state index contributed by atoms with van der Waals surface area (Å²) in [6.07, 6.45) is 4.33. The van der Waals surface area contributed by atoms with Gasteiger partial charge >= 0.3 is 7.05 Å². The van der Waals surface area contributed by atoms with Gasteiger partial charge in [-0.1, -0.05) is 53.7 Å². The van der Waals surface area contributed by atoms with Crippen LogP contribution in [0, 0.1) is 0 Å². The van der Waals surface area contributed by atoms with Gasteiger partial charge < -0.3 is 24.2 Å². The standard InChI is InChI=1S/C20H46BNO4Si2/c1-19(2,3)27(8,9)25-16-17(22-21(7)24)18(14-12-13-15-23)26-28(10,11)20(4,5)6/h12,14,17-18,22-24H,13,15-16H2,1-11H3/b14-12+/t17-,18+/m1/s1. The maximum absolute atomic E-state index is 10.0. The van der Waals surface area contributed by atoms with E-state index in [1.807, 2.05) is 12.2 Å². The smallest absolute Gasteiger partial charge is 0.373 e. The Balaban J connectivity index is 5.66. The second kappa shape index (κ2) is 10.9. The summed E-state index contributed by atoms with van der Waals surface area (Å²) in [4.78, 5) is 0. The lowest BCUT2D eigenvalue weighted by molar-refractivity contribution is 0.140. The van der Waals surface area contributed by atoms with Crippen molar-refractivity contribution in [2.24, 2.45) is 0 Å². The highest BCUT2D eigenvalue weighted by atomic mass is 28.4. The number of aliphatic hydroxyl groups excluding tert-OH is 1. The van der Waals surface area contributed by atoms with Gasteiger partial charge in [0.1, 0.15) is 0 Å². The molecule has 0 radical (unpaired) electrons. The monoisotopic (exact) mass is 431 g/mol. The highest BCUT2D eigenvalue weighted by molar-refractivity contribution is 6.74. The summed E-state index contributed by atoms with van der Waals surface area (Å²) in [5, 5.41) is 22.6. The Hall–Kier alpha value is 0.0387. The van der Waals surface area contributed by atoms with Crippen LogP contribution in [0.15, 0.2) is 12.2 Å². The largest absolute Gasteiger partial charge is 0.437 e. The molecule has 3 N–H and O–H groups in total. The molecule has 0 amide bonds. The molecule has 0 bridgehead atoms. The third-order valence-corrected chi connectivity index (χ3v) is 15.1. The zero-order chi connectivity index (χ0) is 22.4. The van der Waals surface area contributed by atoms with Crippen molar-refractivity contribution in [2.75, 3.05) is 13.2 Å². The van der Waals surface area contributed by atoms with E-state index in [0.717, 1.165) is 0 Å². The highest BCUT2D eigenvalue weighted by Crippen LogP contribution is 2.39. The number of rotatable bonds is 11. The number of hydrogen-bond acceptors (Lipinski definition) is 5. The van der Waals surface area contributed by atoms with Crippen molar-refractivity contribution < 1.29 is 19.0 Å². The normalized spacial score (nSPS) is 16.5. The fraction of sp³-hybridized carbons (Fsp3) is 0.900. The molecule has 2 atom stereocenters. The van der Waals surface area contributed by atoms with Crippen LogP contribution >= 0.6 is 0 Å². The van der Waals surface area contributed by atoms with E-state index in [1.165, 1.54) is 0 Å². The van der Waals surface area contributed by atoms with Crippen LogP contribution in [0.5, 0.6) is 0 Å². The SMILES string of the molecule is CB(O)N[C@H](CO[Si](C)(C)C(C)(C)C)[C@H](/C=C/CCO)O[Si](C)(C)C(C)(C)C. The molecule has 5 nitrogen and oxygen atoms in total. The van der Waals surface area contributed by atoms with Gasteiger partial charge in [-0.3, -0.25) is 0 Å². The van der Waals surface area contributed by atoms with E-state index in [1.54, 1.807) is 6.82 Å². The third kappa shape index (κ3) is 9.24. The molecule has 28 heavy (non-hydrogen) atoms. The Morgan fingerprint density at radius 3 is 1.89 bits per heavy atom. The molecule has 8 heteroatoms. The van der Waals surface area contributed by atoms with E-state index >= 15 is 0 Å². The van der Waals surface area contributed by atoms with Crippen LogP contribution in [0.2, 0.25) is 43.1 Å². The van der Waals surface area contributed by atoms with Gasteiger partial charge in [-0.25, -0.2) is 0 Å². The first-order valence-electron chi connectivity index (χ1n) is 10.5. The lowest BCUT2D eigenvalue weighted by Crippen LogP contribution is -2.56. The van der Waals surface area contributed by atoms with Gasteiger partial charge in [0.15, 0.2) is 16.6 Å². The van der Waals surface area contributed by atoms with Crippen LogP contribution in [-0.2, 0) is 8.85 Å². The average molecular weight is 432 g/mol. The quantitative estimate of drug-likeness (QED) is 0.334. The van der Waals surface area contributed by atoms with Gasteiger partial charge in [0.05, 0.1) is 18.8 Å². The molecule has 0 saturated heterocycles. The number of aliphatic hydroxyl groups is 1. The van der Waals surface area contributed by atoms with Gasteiger partial charge in [0, 0.05) is 6.61 Å². The first-order chi connectivity index (χ1) is 12.4. The summed E-state index contributed by atoms with van der Waals surface area (Å²) in [6, 6.07) is -0.168. The van der Waals surface area contributed by atoms with Crippen LogP contribution in [0.1, 0.15) is 48.0 Å². The maximum atomic E-state index is 10.0. The molecule has 0 aromatic carbocycles. The maximum Gasteiger partial charge on any atom is 0.373 e. The van der Waals surface area contributed by atoms with Crippen LogP contribution in [-0.4, -0.2) is 59.2 Å². The van der Waals surface area contributed by atoms with Gasteiger partial charge in [0.25, 0.3) is 0 Å². The molecule has 0 heterocycles. The first kappa shape index (κ1) is 28.0. The van der Waals surface area contributed by atoms with Crippen molar-refractivity contribution in [1.29, 1.82) is 0 Å². The van der Waals surface area contributed by atoms with Crippen molar-refractivity contribution in [3.8, 4) is 0 Å². The fourth-order valence-corrected chi connectivity index (χ4v) is 4.45. The van der Waals surface area contributed by atoms with Gasteiger partial charge in [0.2, 0.25) is 0 Å². The highest BCUT2D eigenvalue weighted by Gasteiger charge is 2.42. The molecule has 0 unspecified atom stereocenters. The van der Waals surface area contributed by atoms with Gasteiger partial charge in [-0.05, 0) is 49.5 Å². The van der Waals surface area contributed by atoms with Crippen LogP contribution in [0.25, 0.3) is 0 Å². The molecule has 0 fully saturated rings. The second-order valence-electron chi connectivity index (χ2n) is 10.8. The lowest BCUT2D eigenvalue weighted by atomic mass is 9.86. The van der Waals surface area contributed by atoms with Crippen molar-refractivity contribution in [3.63, 3.8) is 0 Å². The van der Waals surface area contributed by atoms with Crippen LogP contribution in [0.3, 0.4) is 0 Å². The van der Waals surface area contributed by atoms with Crippen molar-refractivity contribution in [1.82, 2.24) is 5.23 Å². The summed E-state index contributed by atoms with van der Waals surface area (Å²) in [6.45, 7) is 24.6. The lowest BCUT2D eigenvalue weighted by Gasteiger charge is -2.42. The van der Waals surface area contributed by atoms with Crippen molar-refractivity contribution in [3.05, 3.63) is 12.2 Å². The molecule has 0 aliphatic heterocycles. The molecule has 0 aliphatic carbocycles. The summed E-state index contributed by atoms with van der Waals surface area (Å²) < 4.78 is 13.2. The molecule has 0 aromatic rings. The topological polar surface area (TPSA) is 71.0 Å². The van der Waals surface area contributed by atoms with E-state index in [4.69, 9.17) is 14.0 Å². The Bertz CT molecular complexity index is 486. The first-order valence-corrected chi connectivity index (χ1v) is 16.3. The molecule has 166 valence electrons. The van der Waals surface area contributed by atoms with Crippen LogP contribution in [0.4, 0.5) is 0 Å². The number of nitrogens with one attached hydrogen (secondary N) is 1. The minimum atomic E-state index is -2.03. The predicted octanol–water partition coefficient (Wildman–Crippen LogP) is 4.41. The van der Waals surface area contributed by atoms with E-state index in [0.29, 0.717) is 13.0 Å². The van der Waals surface area contributed by atoms with Gasteiger partial charge in [-0.15, -0.1) is 0 Å². The average Bonchev–Trinajstić information content (AvgIpc) is 2.48. The Kier molecular flexibility index (Phi) is 10.9. The summed E-state index contributed by atoms with van der Waals surface area (Å²) >= 11 is 0.